The van der Waals surface area contributed by atoms with Crippen LogP contribution in [0.5, 0.6) is 0 Å². The largest absolute Gasteiger partial charge is 0.467 e. The Morgan fingerprint density at radius 2 is 1.92 bits per heavy atom. The van der Waals surface area contributed by atoms with Crippen LogP contribution in [0, 0.1) is 5.92 Å². The Bertz CT molecular complexity index is 586. The Morgan fingerprint density at radius 1 is 1.21 bits per heavy atom. The molecular formula is C18H23NO5. The second kappa shape index (κ2) is 8.59. The third-order valence-electron chi connectivity index (χ3n) is 4.32. The van der Waals surface area contributed by atoms with Gasteiger partial charge in [0.15, 0.2) is 6.10 Å². The summed E-state index contributed by atoms with van der Waals surface area (Å²) >= 11 is 0. The Kier molecular flexibility index (Phi) is 6.49. The van der Waals surface area contributed by atoms with E-state index in [4.69, 9.17) is 9.47 Å². The lowest BCUT2D eigenvalue weighted by atomic mass is 9.83. The number of ether oxygens (including phenoxy) is 2. The average Bonchev–Trinajstić information content (AvgIpc) is 2.60. The highest BCUT2D eigenvalue weighted by Gasteiger charge is 2.35. The highest BCUT2D eigenvalue weighted by molar-refractivity contribution is 5.89. The van der Waals surface area contributed by atoms with Gasteiger partial charge in [0.1, 0.15) is 11.8 Å². The fourth-order valence-electron chi connectivity index (χ4n) is 3.09. The molecule has 0 unspecified atom stereocenters. The van der Waals surface area contributed by atoms with Crippen molar-refractivity contribution < 1.29 is 23.9 Å². The lowest BCUT2D eigenvalue weighted by Crippen LogP contribution is -2.49. The Balaban J connectivity index is 2.14. The fourth-order valence-corrected chi connectivity index (χ4v) is 3.09. The van der Waals surface area contributed by atoms with Crippen molar-refractivity contribution >= 4 is 17.7 Å². The SMILES string of the molecule is COC(=O)[C@@H](NC(=O)[C@@H](OC)c1ccccc1)[C@@H]1CCCC(=O)C1. The normalized spacial score (nSPS) is 20.1. The van der Waals surface area contributed by atoms with Gasteiger partial charge in [-0.3, -0.25) is 9.59 Å². The molecule has 6 nitrogen and oxygen atoms in total. The number of amides is 1. The van der Waals surface area contributed by atoms with E-state index < -0.39 is 24.0 Å². The minimum atomic E-state index is -0.840. The van der Waals surface area contributed by atoms with Gasteiger partial charge in [0.2, 0.25) is 0 Å². The molecule has 2 rings (SSSR count). The molecule has 0 radical (unpaired) electrons. The van der Waals surface area contributed by atoms with Crippen LogP contribution in [-0.4, -0.2) is 37.9 Å². The maximum absolute atomic E-state index is 12.6. The predicted molar refractivity (Wildman–Crippen MR) is 87.1 cm³/mol. The van der Waals surface area contributed by atoms with Crippen molar-refractivity contribution in [3.8, 4) is 0 Å². The van der Waals surface area contributed by atoms with Gasteiger partial charge in [0.05, 0.1) is 7.11 Å². The van der Waals surface area contributed by atoms with E-state index in [9.17, 15) is 14.4 Å². The van der Waals surface area contributed by atoms with Gasteiger partial charge in [-0.15, -0.1) is 0 Å². The molecular weight excluding hydrogens is 310 g/mol. The van der Waals surface area contributed by atoms with E-state index in [0.717, 1.165) is 6.42 Å². The lowest BCUT2D eigenvalue weighted by Gasteiger charge is -2.29. The maximum Gasteiger partial charge on any atom is 0.328 e. The summed E-state index contributed by atoms with van der Waals surface area (Å²) in [5.74, 6) is -1.08. The molecule has 0 saturated heterocycles. The van der Waals surface area contributed by atoms with Crippen LogP contribution in [0.4, 0.5) is 0 Å². The first-order valence-corrected chi connectivity index (χ1v) is 8.04. The average molecular weight is 333 g/mol. The van der Waals surface area contributed by atoms with Gasteiger partial charge in [-0.25, -0.2) is 4.79 Å². The van der Waals surface area contributed by atoms with Gasteiger partial charge in [0.25, 0.3) is 5.91 Å². The zero-order chi connectivity index (χ0) is 17.5. The Hall–Kier alpha value is -2.21. The standard InChI is InChI=1S/C18H23NO5/c1-23-16(12-7-4-3-5-8-12)17(21)19-15(18(22)24-2)13-9-6-10-14(20)11-13/h3-5,7-8,13,15-16H,6,9-11H2,1-2H3,(H,19,21)/t13-,15+,16+/m1/s1. The third-order valence-corrected chi connectivity index (χ3v) is 4.32. The molecule has 0 bridgehead atoms. The summed E-state index contributed by atoms with van der Waals surface area (Å²) in [6.07, 6.45) is 1.41. The zero-order valence-electron chi connectivity index (χ0n) is 14.0. The number of methoxy groups -OCH3 is 2. The maximum atomic E-state index is 12.6. The molecule has 1 saturated carbocycles. The van der Waals surface area contributed by atoms with E-state index in [0.29, 0.717) is 18.4 Å². The summed E-state index contributed by atoms with van der Waals surface area (Å²) in [6.45, 7) is 0. The minimum Gasteiger partial charge on any atom is -0.467 e. The van der Waals surface area contributed by atoms with E-state index in [1.807, 2.05) is 18.2 Å². The third kappa shape index (κ3) is 4.41. The molecule has 0 aromatic heterocycles. The van der Waals surface area contributed by atoms with Gasteiger partial charge in [-0.05, 0) is 24.3 Å². The molecule has 1 fully saturated rings. The van der Waals surface area contributed by atoms with Crippen LogP contribution in [0.25, 0.3) is 0 Å². The fraction of sp³-hybridized carbons (Fsp3) is 0.500. The molecule has 1 aromatic carbocycles. The molecule has 3 atom stereocenters. The van der Waals surface area contributed by atoms with Crippen LogP contribution < -0.4 is 5.32 Å². The first-order valence-electron chi connectivity index (χ1n) is 8.04. The number of hydrogen-bond acceptors (Lipinski definition) is 5. The number of hydrogen-bond donors (Lipinski definition) is 1. The van der Waals surface area contributed by atoms with E-state index in [2.05, 4.69) is 5.32 Å². The molecule has 24 heavy (non-hydrogen) atoms. The molecule has 6 heteroatoms. The van der Waals surface area contributed by atoms with E-state index >= 15 is 0 Å². The highest BCUT2D eigenvalue weighted by atomic mass is 16.5. The molecule has 0 spiro atoms. The van der Waals surface area contributed by atoms with Crippen molar-refractivity contribution in [1.29, 1.82) is 0 Å². The number of esters is 1. The van der Waals surface area contributed by atoms with Crippen LogP contribution >= 0.6 is 0 Å². The number of carbonyl (C=O) groups is 3. The second-order valence-corrected chi connectivity index (χ2v) is 5.93. The number of nitrogens with one attached hydrogen (secondary N) is 1. The number of benzene rings is 1. The van der Waals surface area contributed by atoms with E-state index in [1.54, 1.807) is 12.1 Å². The Labute approximate surface area is 141 Å². The predicted octanol–water partition coefficient (Wildman–Crippen LogP) is 1.79. The molecule has 1 aliphatic rings. The number of carbonyl (C=O) groups excluding carboxylic acids is 3. The summed E-state index contributed by atoms with van der Waals surface area (Å²) in [7, 11) is 2.71. The van der Waals surface area contributed by atoms with Crippen LogP contribution in [0.2, 0.25) is 0 Å². The number of rotatable bonds is 6. The summed E-state index contributed by atoms with van der Waals surface area (Å²) in [5.41, 5.74) is 0.695. The van der Waals surface area contributed by atoms with E-state index in [1.165, 1.54) is 14.2 Å². The quantitative estimate of drug-likeness (QED) is 0.803. The van der Waals surface area contributed by atoms with Gasteiger partial charge < -0.3 is 14.8 Å². The molecule has 1 aliphatic carbocycles. The van der Waals surface area contributed by atoms with Crippen LogP contribution in [-0.2, 0) is 23.9 Å². The first-order chi connectivity index (χ1) is 11.6. The molecule has 0 aliphatic heterocycles. The Morgan fingerprint density at radius 3 is 2.50 bits per heavy atom. The van der Waals surface area contributed by atoms with Crippen LogP contribution in [0.15, 0.2) is 30.3 Å². The van der Waals surface area contributed by atoms with Gasteiger partial charge in [0, 0.05) is 20.0 Å². The van der Waals surface area contributed by atoms with Gasteiger partial charge in [-0.1, -0.05) is 30.3 Å². The van der Waals surface area contributed by atoms with Crippen molar-refractivity contribution in [2.45, 2.75) is 37.8 Å². The summed E-state index contributed by atoms with van der Waals surface area (Å²) in [4.78, 5) is 36.4. The second-order valence-electron chi connectivity index (χ2n) is 5.93. The minimum absolute atomic E-state index is 0.112. The smallest absolute Gasteiger partial charge is 0.328 e. The summed E-state index contributed by atoms with van der Waals surface area (Å²) in [6, 6.07) is 8.20. The highest BCUT2D eigenvalue weighted by Crippen LogP contribution is 2.26. The molecule has 1 aromatic rings. The van der Waals surface area contributed by atoms with Crippen LogP contribution in [0.3, 0.4) is 0 Å². The van der Waals surface area contributed by atoms with Crippen molar-refractivity contribution in [1.82, 2.24) is 5.32 Å². The van der Waals surface area contributed by atoms with Crippen molar-refractivity contribution in [2.24, 2.45) is 5.92 Å². The van der Waals surface area contributed by atoms with Crippen molar-refractivity contribution in [2.75, 3.05) is 14.2 Å². The summed E-state index contributed by atoms with van der Waals surface area (Å²) < 4.78 is 10.1. The van der Waals surface area contributed by atoms with Gasteiger partial charge in [-0.2, -0.15) is 0 Å². The van der Waals surface area contributed by atoms with Crippen LogP contribution in [0.1, 0.15) is 37.4 Å². The zero-order valence-corrected chi connectivity index (χ0v) is 14.0. The summed E-state index contributed by atoms with van der Waals surface area (Å²) in [5, 5.41) is 2.72. The van der Waals surface area contributed by atoms with Crippen molar-refractivity contribution in [3.63, 3.8) is 0 Å². The van der Waals surface area contributed by atoms with Gasteiger partial charge >= 0.3 is 5.97 Å². The molecule has 0 heterocycles. The van der Waals surface area contributed by atoms with Crippen molar-refractivity contribution in [3.05, 3.63) is 35.9 Å². The number of Topliss-reactive ketones (excluding diaryl/α,β-unsaturated/α-hetero) is 1. The number of ketones is 1. The first kappa shape index (κ1) is 18.1. The molecule has 130 valence electrons. The molecule has 1 N–H and O–H groups in total. The molecule has 1 amide bonds. The monoisotopic (exact) mass is 333 g/mol. The topological polar surface area (TPSA) is 81.7 Å². The lowest BCUT2D eigenvalue weighted by molar-refractivity contribution is -0.149. The van der Waals surface area contributed by atoms with E-state index in [-0.39, 0.29) is 18.1 Å².